The van der Waals surface area contributed by atoms with Gasteiger partial charge in [-0.3, -0.25) is 0 Å². The minimum Gasteiger partial charge on any atom is -0.477 e. The number of carboxylic acids is 1. The second kappa shape index (κ2) is 6.16. The molecule has 6 nitrogen and oxygen atoms in total. The molecule has 0 bridgehead atoms. The zero-order chi connectivity index (χ0) is 14.5. The predicted molar refractivity (Wildman–Crippen MR) is 67.9 cm³/mol. The van der Waals surface area contributed by atoms with E-state index in [1.54, 1.807) is 0 Å². The van der Waals surface area contributed by atoms with E-state index in [0.29, 0.717) is 12.3 Å². The molecule has 0 amide bonds. The van der Waals surface area contributed by atoms with Gasteiger partial charge in [0.1, 0.15) is 18.0 Å². The van der Waals surface area contributed by atoms with Crippen LogP contribution in [0.2, 0.25) is 0 Å². The number of methoxy groups -OCH3 is 1. The van der Waals surface area contributed by atoms with E-state index in [9.17, 15) is 9.18 Å². The van der Waals surface area contributed by atoms with E-state index in [4.69, 9.17) is 14.6 Å². The fraction of sp³-hybridized carbons (Fsp3) is 0.231. The molecule has 0 aliphatic carbocycles. The van der Waals surface area contributed by atoms with Gasteiger partial charge in [0.2, 0.25) is 5.88 Å². The van der Waals surface area contributed by atoms with Crippen LogP contribution in [0.1, 0.15) is 10.4 Å². The number of aromatic carboxylic acids is 1. The minimum absolute atomic E-state index is 0.0644. The Morgan fingerprint density at radius 2 is 2.05 bits per heavy atom. The summed E-state index contributed by atoms with van der Waals surface area (Å²) in [5.41, 5.74) is 0.441. The molecular formula is C13H13FN2O4. The summed E-state index contributed by atoms with van der Waals surface area (Å²) in [6.07, 6.45) is 1.19. The average Bonchev–Trinajstić information content (AvgIpc) is 2.84. The van der Waals surface area contributed by atoms with E-state index in [1.807, 2.05) is 0 Å². The number of ether oxygens (including phenoxy) is 2. The summed E-state index contributed by atoms with van der Waals surface area (Å²) in [6, 6.07) is 5.49. The molecule has 0 atom stereocenters. The Labute approximate surface area is 114 Å². The van der Waals surface area contributed by atoms with E-state index in [0.717, 1.165) is 0 Å². The number of carbonyl (C=O) groups is 1. The van der Waals surface area contributed by atoms with Gasteiger partial charge in [-0.1, -0.05) is 0 Å². The van der Waals surface area contributed by atoms with Crippen molar-refractivity contribution in [2.24, 2.45) is 0 Å². The molecule has 0 saturated carbocycles. The maximum Gasteiger partial charge on any atom is 0.342 e. The maximum absolute atomic E-state index is 12.9. The van der Waals surface area contributed by atoms with Gasteiger partial charge >= 0.3 is 5.97 Å². The SMILES string of the molecule is COCCOc1c(C(=O)O)cnn1-c1ccc(F)cc1. The van der Waals surface area contributed by atoms with Gasteiger partial charge in [-0.15, -0.1) is 0 Å². The molecule has 2 aromatic rings. The van der Waals surface area contributed by atoms with Crippen molar-refractivity contribution in [1.82, 2.24) is 9.78 Å². The molecule has 7 heteroatoms. The van der Waals surface area contributed by atoms with Crippen molar-refractivity contribution in [3.05, 3.63) is 41.8 Å². The van der Waals surface area contributed by atoms with Crippen molar-refractivity contribution >= 4 is 5.97 Å². The number of nitrogens with zero attached hydrogens (tertiary/aromatic N) is 2. The van der Waals surface area contributed by atoms with Crippen LogP contribution in [0.4, 0.5) is 4.39 Å². The molecule has 0 fully saturated rings. The molecule has 1 aromatic carbocycles. The third-order valence-corrected chi connectivity index (χ3v) is 2.55. The Bertz CT molecular complexity index is 595. The van der Waals surface area contributed by atoms with Gasteiger partial charge in [0.15, 0.2) is 0 Å². The molecule has 1 heterocycles. The Kier molecular flexibility index (Phi) is 4.31. The van der Waals surface area contributed by atoms with Crippen molar-refractivity contribution in [2.75, 3.05) is 20.3 Å². The molecule has 1 aromatic heterocycles. The number of hydrogen-bond acceptors (Lipinski definition) is 4. The van der Waals surface area contributed by atoms with Gasteiger partial charge in [-0.25, -0.2) is 13.9 Å². The summed E-state index contributed by atoms with van der Waals surface area (Å²) in [5.74, 6) is -1.45. The van der Waals surface area contributed by atoms with Crippen molar-refractivity contribution in [3.8, 4) is 11.6 Å². The zero-order valence-electron chi connectivity index (χ0n) is 10.7. The topological polar surface area (TPSA) is 73.6 Å². The predicted octanol–water partition coefficient (Wildman–Crippen LogP) is 1.73. The van der Waals surface area contributed by atoms with Gasteiger partial charge in [0, 0.05) is 7.11 Å². The summed E-state index contributed by atoms with van der Waals surface area (Å²) in [4.78, 5) is 11.1. The smallest absolute Gasteiger partial charge is 0.342 e. The molecule has 0 radical (unpaired) electrons. The lowest BCUT2D eigenvalue weighted by atomic mass is 10.3. The van der Waals surface area contributed by atoms with Crippen LogP contribution in [0.25, 0.3) is 5.69 Å². The molecule has 0 aliphatic rings. The zero-order valence-corrected chi connectivity index (χ0v) is 10.7. The van der Waals surface area contributed by atoms with E-state index in [-0.39, 0.29) is 23.9 Å². The van der Waals surface area contributed by atoms with Crippen LogP contribution >= 0.6 is 0 Å². The van der Waals surface area contributed by atoms with E-state index in [1.165, 1.54) is 42.3 Å². The number of hydrogen-bond donors (Lipinski definition) is 1. The molecule has 20 heavy (non-hydrogen) atoms. The summed E-state index contributed by atoms with van der Waals surface area (Å²) < 4.78 is 24.5. The highest BCUT2D eigenvalue weighted by molar-refractivity contribution is 5.90. The second-order valence-electron chi connectivity index (χ2n) is 3.90. The van der Waals surface area contributed by atoms with Gasteiger partial charge in [-0.05, 0) is 24.3 Å². The highest BCUT2D eigenvalue weighted by atomic mass is 19.1. The molecule has 0 aliphatic heterocycles. The molecule has 1 N–H and O–H groups in total. The molecule has 106 valence electrons. The van der Waals surface area contributed by atoms with Crippen molar-refractivity contribution in [2.45, 2.75) is 0 Å². The van der Waals surface area contributed by atoms with Crippen LogP contribution in [0.15, 0.2) is 30.5 Å². The Balaban J connectivity index is 2.36. The van der Waals surface area contributed by atoms with Gasteiger partial charge in [0.25, 0.3) is 0 Å². The number of carboxylic acid groups (broad SMARTS) is 1. The molecule has 0 spiro atoms. The van der Waals surface area contributed by atoms with Crippen LogP contribution in [-0.2, 0) is 4.74 Å². The first-order chi connectivity index (χ1) is 9.63. The standard InChI is InChI=1S/C13H13FN2O4/c1-19-6-7-20-12-11(13(17)18)8-15-16(12)10-4-2-9(14)3-5-10/h2-5,8H,6-7H2,1H3,(H,17,18). The quantitative estimate of drug-likeness (QED) is 0.816. The van der Waals surface area contributed by atoms with Crippen molar-refractivity contribution in [1.29, 1.82) is 0 Å². The first kappa shape index (κ1) is 14.0. The van der Waals surface area contributed by atoms with Crippen molar-refractivity contribution in [3.63, 3.8) is 0 Å². The summed E-state index contributed by atoms with van der Waals surface area (Å²) in [7, 11) is 1.51. The molecule has 2 rings (SSSR count). The first-order valence-electron chi connectivity index (χ1n) is 5.82. The molecule has 0 saturated heterocycles. The number of aromatic nitrogens is 2. The average molecular weight is 280 g/mol. The Morgan fingerprint density at radius 3 is 2.65 bits per heavy atom. The highest BCUT2D eigenvalue weighted by Gasteiger charge is 2.19. The van der Waals surface area contributed by atoms with E-state index in [2.05, 4.69) is 5.10 Å². The van der Waals surface area contributed by atoms with E-state index < -0.39 is 5.97 Å². The summed E-state index contributed by atoms with van der Waals surface area (Å²) in [5, 5.41) is 13.1. The monoisotopic (exact) mass is 280 g/mol. The molecular weight excluding hydrogens is 267 g/mol. The fourth-order valence-corrected chi connectivity index (χ4v) is 1.61. The number of benzene rings is 1. The minimum atomic E-state index is -1.15. The third kappa shape index (κ3) is 2.94. The normalized spacial score (nSPS) is 10.5. The van der Waals surface area contributed by atoms with Crippen LogP contribution in [0.3, 0.4) is 0 Å². The van der Waals surface area contributed by atoms with Crippen LogP contribution in [-0.4, -0.2) is 41.2 Å². The largest absolute Gasteiger partial charge is 0.477 e. The fourth-order valence-electron chi connectivity index (χ4n) is 1.61. The number of halogens is 1. The Morgan fingerprint density at radius 1 is 1.35 bits per heavy atom. The third-order valence-electron chi connectivity index (χ3n) is 2.55. The van der Waals surface area contributed by atoms with E-state index >= 15 is 0 Å². The summed E-state index contributed by atoms with van der Waals surface area (Å²) >= 11 is 0. The highest BCUT2D eigenvalue weighted by Crippen LogP contribution is 2.23. The van der Waals surface area contributed by atoms with Crippen molar-refractivity contribution < 1.29 is 23.8 Å². The van der Waals surface area contributed by atoms with Gasteiger partial charge in [0.05, 0.1) is 18.5 Å². The Hall–Kier alpha value is -2.41. The lowest BCUT2D eigenvalue weighted by Gasteiger charge is -2.10. The van der Waals surface area contributed by atoms with Crippen LogP contribution < -0.4 is 4.74 Å². The van der Waals surface area contributed by atoms with Gasteiger partial charge < -0.3 is 14.6 Å². The maximum atomic E-state index is 12.9. The lowest BCUT2D eigenvalue weighted by molar-refractivity contribution is 0.0689. The summed E-state index contributed by atoms with van der Waals surface area (Å²) in [6.45, 7) is 0.497. The van der Waals surface area contributed by atoms with Crippen LogP contribution in [0, 0.1) is 5.82 Å². The first-order valence-corrected chi connectivity index (χ1v) is 5.82. The second-order valence-corrected chi connectivity index (χ2v) is 3.90. The van der Waals surface area contributed by atoms with Gasteiger partial charge in [-0.2, -0.15) is 5.10 Å². The lowest BCUT2D eigenvalue weighted by Crippen LogP contribution is -2.11. The molecule has 0 unspecified atom stereocenters. The number of rotatable bonds is 6. The van der Waals surface area contributed by atoms with Crippen LogP contribution in [0.5, 0.6) is 5.88 Å².